The summed E-state index contributed by atoms with van der Waals surface area (Å²) >= 11 is 0. The molecule has 2 heterocycles. The first-order valence-corrected chi connectivity index (χ1v) is 4.72. The van der Waals surface area contributed by atoms with Crippen molar-refractivity contribution in [2.24, 2.45) is 0 Å². The molecule has 3 rings (SSSR count). The van der Waals surface area contributed by atoms with Gasteiger partial charge in [0.1, 0.15) is 0 Å². The van der Waals surface area contributed by atoms with Gasteiger partial charge in [0.15, 0.2) is 5.43 Å². The van der Waals surface area contributed by atoms with Crippen LogP contribution in [0, 0.1) is 6.92 Å². The zero-order chi connectivity index (χ0) is 10.4. The van der Waals surface area contributed by atoms with Crippen LogP contribution < -0.4 is 5.43 Å². The summed E-state index contributed by atoms with van der Waals surface area (Å²) in [5, 5.41) is 7.48. The maximum absolute atomic E-state index is 11.8. The van der Waals surface area contributed by atoms with Gasteiger partial charge in [0.25, 0.3) is 0 Å². The quantitative estimate of drug-likeness (QED) is 0.579. The molecule has 0 aliphatic carbocycles. The summed E-state index contributed by atoms with van der Waals surface area (Å²) in [6, 6.07) is 5.37. The van der Waals surface area contributed by atoms with E-state index in [1.165, 1.54) is 0 Å². The summed E-state index contributed by atoms with van der Waals surface area (Å²) in [5.74, 6) is 0. The van der Waals surface area contributed by atoms with Gasteiger partial charge in [-0.1, -0.05) is 0 Å². The molecule has 74 valence electrons. The highest BCUT2D eigenvalue weighted by atomic mass is 16.1. The van der Waals surface area contributed by atoms with E-state index >= 15 is 0 Å². The van der Waals surface area contributed by atoms with Crippen LogP contribution in [0.3, 0.4) is 0 Å². The van der Waals surface area contributed by atoms with Gasteiger partial charge in [-0.3, -0.25) is 14.9 Å². The molecule has 0 amide bonds. The van der Waals surface area contributed by atoms with Gasteiger partial charge in [-0.25, -0.2) is 0 Å². The Morgan fingerprint density at radius 1 is 1.33 bits per heavy atom. The fourth-order valence-corrected chi connectivity index (χ4v) is 1.88. The maximum Gasteiger partial charge on any atom is 0.191 e. The topological polar surface area (TPSA) is 61.5 Å². The van der Waals surface area contributed by atoms with Crippen molar-refractivity contribution >= 4 is 21.8 Å². The Morgan fingerprint density at radius 2 is 2.20 bits per heavy atom. The van der Waals surface area contributed by atoms with E-state index in [1.54, 1.807) is 6.07 Å². The van der Waals surface area contributed by atoms with Gasteiger partial charge in [-0.2, -0.15) is 0 Å². The normalized spacial score (nSPS) is 11.3. The van der Waals surface area contributed by atoms with Crippen LogP contribution in [0.15, 0.2) is 29.2 Å². The van der Waals surface area contributed by atoms with Crippen molar-refractivity contribution < 1.29 is 0 Å². The largest absolute Gasteiger partial charge is 0.307 e. The second-order valence-electron chi connectivity index (χ2n) is 3.60. The van der Waals surface area contributed by atoms with Gasteiger partial charge in [0, 0.05) is 23.3 Å². The Balaban J connectivity index is 2.68. The molecular formula is C11H9N3O. The smallest absolute Gasteiger partial charge is 0.191 e. The number of benzene rings is 1. The lowest BCUT2D eigenvalue weighted by molar-refractivity contribution is 1.12. The van der Waals surface area contributed by atoms with Crippen LogP contribution in [-0.2, 0) is 0 Å². The van der Waals surface area contributed by atoms with E-state index in [2.05, 4.69) is 15.2 Å². The molecule has 0 aliphatic heterocycles. The molecule has 0 fully saturated rings. The van der Waals surface area contributed by atoms with Gasteiger partial charge in [-0.15, -0.1) is 0 Å². The molecular weight excluding hydrogens is 190 g/mol. The summed E-state index contributed by atoms with van der Waals surface area (Å²) in [6.07, 6.45) is 1.83. The van der Waals surface area contributed by atoms with Crippen LogP contribution in [0.4, 0.5) is 0 Å². The first-order chi connectivity index (χ1) is 7.25. The van der Waals surface area contributed by atoms with E-state index in [1.807, 2.05) is 25.3 Å². The number of hydrogen-bond donors (Lipinski definition) is 2. The number of hydrogen-bond acceptors (Lipinski definition) is 2. The molecule has 0 atom stereocenters. The fraction of sp³-hybridized carbons (Fsp3) is 0.0909. The molecule has 4 nitrogen and oxygen atoms in total. The van der Waals surface area contributed by atoms with Crippen LogP contribution in [0.1, 0.15) is 5.69 Å². The van der Waals surface area contributed by atoms with Gasteiger partial charge < -0.3 is 5.10 Å². The molecule has 4 heteroatoms. The Labute approximate surface area is 84.9 Å². The Kier molecular flexibility index (Phi) is 1.48. The number of nitrogens with zero attached hydrogens (tertiary/aromatic N) is 1. The molecule has 0 saturated heterocycles. The number of pyridine rings is 1. The maximum atomic E-state index is 11.8. The fourth-order valence-electron chi connectivity index (χ4n) is 1.88. The minimum Gasteiger partial charge on any atom is -0.307 e. The van der Waals surface area contributed by atoms with E-state index in [0.29, 0.717) is 5.39 Å². The molecule has 2 aromatic heterocycles. The molecule has 3 aromatic rings. The number of rotatable bonds is 0. The first kappa shape index (κ1) is 8.23. The average molecular weight is 199 g/mol. The van der Waals surface area contributed by atoms with Crippen molar-refractivity contribution in [1.82, 2.24) is 15.2 Å². The lowest BCUT2D eigenvalue weighted by Gasteiger charge is -1.98. The summed E-state index contributed by atoms with van der Waals surface area (Å²) in [6.45, 7) is 1.83. The van der Waals surface area contributed by atoms with Gasteiger partial charge in [-0.05, 0) is 19.1 Å². The van der Waals surface area contributed by atoms with E-state index in [4.69, 9.17) is 0 Å². The predicted molar refractivity (Wildman–Crippen MR) is 59.0 cm³/mol. The van der Waals surface area contributed by atoms with Crippen molar-refractivity contribution in [1.29, 1.82) is 0 Å². The number of nitrogens with one attached hydrogen (secondary N) is 2. The van der Waals surface area contributed by atoms with Crippen LogP contribution >= 0.6 is 0 Å². The Hall–Kier alpha value is -2.10. The second-order valence-corrected chi connectivity index (χ2v) is 3.60. The molecule has 2 N–H and O–H groups in total. The van der Waals surface area contributed by atoms with Gasteiger partial charge in [0.2, 0.25) is 0 Å². The summed E-state index contributed by atoms with van der Waals surface area (Å²) in [4.78, 5) is 16.2. The van der Waals surface area contributed by atoms with Crippen molar-refractivity contribution in [3.05, 3.63) is 40.3 Å². The molecule has 0 aliphatic rings. The monoisotopic (exact) mass is 199 g/mol. The minimum absolute atomic E-state index is 0.0129. The van der Waals surface area contributed by atoms with E-state index in [0.717, 1.165) is 22.1 Å². The number of H-pyrrole nitrogens is 2. The lowest BCUT2D eigenvalue weighted by atomic mass is 10.1. The number of aryl methyl sites for hydroxylation is 1. The van der Waals surface area contributed by atoms with E-state index in [-0.39, 0.29) is 5.43 Å². The van der Waals surface area contributed by atoms with Crippen molar-refractivity contribution in [2.75, 3.05) is 0 Å². The Bertz CT molecular complexity index is 708. The third-order valence-electron chi connectivity index (χ3n) is 2.52. The predicted octanol–water partition coefficient (Wildman–Crippen LogP) is 1.71. The van der Waals surface area contributed by atoms with E-state index in [9.17, 15) is 4.79 Å². The average Bonchev–Trinajstić information content (AvgIpc) is 2.63. The highest BCUT2D eigenvalue weighted by Crippen LogP contribution is 2.18. The summed E-state index contributed by atoms with van der Waals surface area (Å²) in [7, 11) is 0. The van der Waals surface area contributed by atoms with Crippen LogP contribution in [0.25, 0.3) is 21.8 Å². The Morgan fingerprint density at radius 3 is 3.07 bits per heavy atom. The standard InChI is InChI=1S/C11H9N3O/c1-6-4-9(15)10-8(13-6)3-2-7-5-12-14-11(7)10/h2-5,12,14H,1H3. The third kappa shape index (κ3) is 1.08. The van der Waals surface area contributed by atoms with Crippen molar-refractivity contribution in [3.8, 4) is 0 Å². The zero-order valence-corrected chi connectivity index (χ0v) is 8.16. The van der Waals surface area contributed by atoms with E-state index < -0.39 is 0 Å². The number of aromatic nitrogens is 3. The van der Waals surface area contributed by atoms with Crippen LogP contribution in [0.5, 0.6) is 0 Å². The van der Waals surface area contributed by atoms with Crippen LogP contribution in [-0.4, -0.2) is 15.2 Å². The lowest BCUT2D eigenvalue weighted by Crippen LogP contribution is -2.03. The third-order valence-corrected chi connectivity index (χ3v) is 2.52. The SMILES string of the molecule is Cc1cc(=O)c2c(ccc3c[nH][nH]c32)n1. The van der Waals surface area contributed by atoms with Crippen molar-refractivity contribution in [2.45, 2.75) is 6.92 Å². The minimum atomic E-state index is 0.0129. The summed E-state index contributed by atoms with van der Waals surface area (Å²) < 4.78 is 0. The second kappa shape index (κ2) is 2.70. The first-order valence-electron chi connectivity index (χ1n) is 4.72. The molecule has 15 heavy (non-hydrogen) atoms. The number of aromatic amines is 2. The molecule has 0 radical (unpaired) electrons. The molecule has 0 unspecified atom stereocenters. The summed E-state index contributed by atoms with van der Waals surface area (Å²) in [5.41, 5.74) is 2.33. The number of fused-ring (bicyclic) bond motifs is 3. The highest BCUT2D eigenvalue weighted by molar-refractivity contribution is 6.03. The molecule has 0 saturated carbocycles. The highest BCUT2D eigenvalue weighted by Gasteiger charge is 2.06. The molecule has 0 spiro atoms. The van der Waals surface area contributed by atoms with Gasteiger partial charge >= 0.3 is 0 Å². The van der Waals surface area contributed by atoms with Crippen molar-refractivity contribution in [3.63, 3.8) is 0 Å². The molecule has 1 aromatic carbocycles. The molecule has 0 bridgehead atoms. The zero-order valence-electron chi connectivity index (χ0n) is 8.16. The van der Waals surface area contributed by atoms with Gasteiger partial charge in [0.05, 0.1) is 16.4 Å². The van der Waals surface area contributed by atoms with Crippen LogP contribution in [0.2, 0.25) is 0 Å².